The Hall–Kier alpha value is -6.39. The molecule has 1 atom stereocenters. The fraction of sp³-hybridized carbons (Fsp3) is 0.0652. The van der Waals surface area contributed by atoms with Gasteiger partial charge in [0, 0.05) is 22.3 Å². The quantitative estimate of drug-likeness (QED) is 0.193. The van der Waals surface area contributed by atoms with E-state index >= 15 is 0 Å². The molecule has 11 rings (SSSR count). The first-order valence-electron chi connectivity index (χ1n) is 17.3. The summed E-state index contributed by atoms with van der Waals surface area (Å²) in [7, 11) is 0. The van der Waals surface area contributed by atoms with Crippen molar-refractivity contribution in [3.63, 3.8) is 0 Å². The van der Waals surface area contributed by atoms with Gasteiger partial charge >= 0.3 is 0 Å². The monoisotopic (exact) mass is 638 g/mol. The summed E-state index contributed by atoms with van der Waals surface area (Å²) >= 11 is 0. The highest BCUT2D eigenvalue weighted by atomic mass is 15.2. The van der Waals surface area contributed by atoms with Crippen molar-refractivity contribution >= 4 is 21.8 Å². The van der Waals surface area contributed by atoms with Crippen molar-refractivity contribution in [2.24, 2.45) is 0 Å². The zero-order valence-electron chi connectivity index (χ0n) is 27.2. The molecule has 4 nitrogen and oxygen atoms in total. The zero-order chi connectivity index (χ0) is 32.8. The van der Waals surface area contributed by atoms with Crippen LogP contribution in [0.3, 0.4) is 0 Å². The van der Waals surface area contributed by atoms with E-state index in [4.69, 9.17) is 15.0 Å². The molecule has 3 aliphatic rings. The summed E-state index contributed by atoms with van der Waals surface area (Å²) in [4.78, 5) is 15.6. The summed E-state index contributed by atoms with van der Waals surface area (Å²) in [6.45, 7) is 0. The van der Waals surface area contributed by atoms with E-state index in [0.29, 0.717) is 11.8 Å². The molecule has 234 valence electrons. The van der Waals surface area contributed by atoms with E-state index in [1.54, 1.807) is 0 Å². The van der Waals surface area contributed by atoms with E-state index in [1.165, 1.54) is 55.3 Å². The molecule has 0 bridgehead atoms. The van der Waals surface area contributed by atoms with Crippen molar-refractivity contribution in [3.8, 4) is 39.6 Å². The van der Waals surface area contributed by atoms with Crippen LogP contribution in [0.25, 0.3) is 61.4 Å². The number of hydrogen-bond donors (Lipinski definition) is 0. The molecule has 50 heavy (non-hydrogen) atoms. The molecule has 3 aliphatic carbocycles. The zero-order valence-corrected chi connectivity index (χ0v) is 27.2. The van der Waals surface area contributed by atoms with Crippen LogP contribution >= 0.6 is 0 Å². The lowest BCUT2D eigenvalue weighted by atomic mass is 9.70. The summed E-state index contributed by atoms with van der Waals surface area (Å²) in [5, 5.41) is 2.37. The van der Waals surface area contributed by atoms with Crippen molar-refractivity contribution in [1.29, 1.82) is 0 Å². The Bertz CT molecular complexity index is 2700. The minimum atomic E-state index is -0.437. The molecule has 1 spiro atoms. The number of para-hydroxylation sites is 1. The van der Waals surface area contributed by atoms with Crippen LogP contribution in [0.5, 0.6) is 0 Å². The normalized spacial score (nSPS) is 16.1. The van der Waals surface area contributed by atoms with Gasteiger partial charge in [0.15, 0.2) is 5.82 Å². The second kappa shape index (κ2) is 10.3. The smallest absolute Gasteiger partial charge is 0.238 e. The number of nitrogens with zero attached hydrogens (tertiary/aromatic N) is 4. The number of allylic oxidation sites excluding steroid dienone is 4. The third kappa shape index (κ3) is 3.62. The predicted molar refractivity (Wildman–Crippen MR) is 202 cm³/mol. The molecule has 0 fully saturated rings. The van der Waals surface area contributed by atoms with Crippen LogP contribution in [0, 0.1) is 0 Å². The fourth-order valence-corrected chi connectivity index (χ4v) is 8.90. The van der Waals surface area contributed by atoms with Gasteiger partial charge in [-0.1, -0.05) is 146 Å². The van der Waals surface area contributed by atoms with Gasteiger partial charge in [0.25, 0.3) is 0 Å². The van der Waals surface area contributed by atoms with Crippen molar-refractivity contribution in [3.05, 3.63) is 192 Å². The van der Waals surface area contributed by atoms with E-state index in [9.17, 15) is 0 Å². The Labute approximate surface area is 289 Å². The lowest BCUT2D eigenvalue weighted by Crippen LogP contribution is -2.25. The minimum absolute atomic E-state index is 0.0748. The summed E-state index contributed by atoms with van der Waals surface area (Å²) in [6, 6.07) is 50.7. The SMILES string of the molecule is C1=CCC(c2nc(-c3ccccc3)nc(-n3c4ccccc4c4cc5c(cc43)C3(c4ccccc4-c4ccccc43)c3ccccc3-5)n2)C=C1. The molecule has 8 aromatic rings. The van der Waals surface area contributed by atoms with Gasteiger partial charge in [0.1, 0.15) is 5.82 Å². The maximum absolute atomic E-state index is 5.27. The van der Waals surface area contributed by atoms with E-state index < -0.39 is 5.41 Å². The Morgan fingerprint density at radius 1 is 0.520 bits per heavy atom. The molecule has 6 aromatic carbocycles. The van der Waals surface area contributed by atoms with Crippen molar-refractivity contribution in [2.75, 3.05) is 0 Å². The Morgan fingerprint density at radius 3 is 1.86 bits per heavy atom. The molecule has 0 saturated carbocycles. The molecule has 0 amide bonds. The second-order valence-corrected chi connectivity index (χ2v) is 13.5. The molecule has 1 unspecified atom stereocenters. The van der Waals surface area contributed by atoms with Crippen LogP contribution in [-0.4, -0.2) is 19.5 Å². The van der Waals surface area contributed by atoms with Crippen LogP contribution < -0.4 is 0 Å². The van der Waals surface area contributed by atoms with Crippen molar-refractivity contribution in [2.45, 2.75) is 17.8 Å². The van der Waals surface area contributed by atoms with Gasteiger partial charge in [0.2, 0.25) is 5.95 Å². The first-order valence-corrected chi connectivity index (χ1v) is 17.3. The molecule has 0 N–H and O–H groups in total. The Morgan fingerprint density at radius 2 is 1.16 bits per heavy atom. The highest BCUT2D eigenvalue weighted by molar-refractivity contribution is 6.12. The minimum Gasteiger partial charge on any atom is -0.278 e. The largest absolute Gasteiger partial charge is 0.278 e. The van der Waals surface area contributed by atoms with E-state index in [-0.39, 0.29) is 5.92 Å². The molecular formula is C46H30N4. The summed E-state index contributed by atoms with van der Waals surface area (Å²) in [5.74, 6) is 2.18. The van der Waals surface area contributed by atoms with Crippen LogP contribution in [-0.2, 0) is 5.41 Å². The number of rotatable bonds is 3. The summed E-state index contributed by atoms with van der Waals surface area (Å²) < 4.78 is 2.27. The molecule has 2 aromatic heterocycles. The second-order valence-electron chi connectivity index (χ2n) is 13.5. The van der Waals surface area contributed by atoms with E-state index in [0.717, 1.165) is 28.8 Å². The van der Waals surface area contributed by atoms with Gasteiger partial charge in [-0.25, -0.2) is 4.98 Å². The lowest BCUT2D eigenvalue weighted by Gasteiger charge is -2.30. The summed E-state index contributed by atoms with van der Waals surface area (Å²) in [6.07, 6.45) is 9.43. The lowest BCUT2D eigenvalue weighted by molar-refractivity contribution is 0.749. The first-order chi connectivity index (χ1) is 24.8. The van der Waals surface area contributed by atoms with Gasteiger partial charge in [-0.3, -0.25) is 4.57 Å². The van der Waals surface area contributed by atoms with Crippen molar-refractivity contribution < 1.29 is 0 Å². The van der Waals surface area contributed by atoms with Crippen LogP contribution in [0.1, 0.15) is 40.4 Å². The van der Waals surface area contributed by atoms with Gasteiger partial charge in [-0.05, 0) is 69.1 Å². The van der Waals surface area contributed by atoms with E-state index in [1.807, 2.05) is 18.2 Å². The molecule has 0 saturated heterocycles. The maximum atomic E-state index is 5.27. The number of benzene rings is 6. The topological polar surface area (TPSA) is 43.6 Å². The van der Waals surface area contributed by atoms with Gasteiger partial charge in [0.05, 0.1) is 16.4 Å². The van der Waals surface area contributed by atoms with Gasteiger partial charge in [-0.15, -0.1) is 0 Å². The van der Waals surface area contributed by atoms with Gasteiger partial charge < -0.3 is 0 Å². The number of hydrogen-bond acceptors (Lipinski definition) is 3. The molecule has 4 heteroatoms. The van der Waals surface area contributed by atoms with Crippen LogP contribution in [0.15, 0.2) is 164 Å². The van der Waals surface area contributed by atoms with Gasteiger partial charge in [-0.2, -0.15) is 9.97 Å². The first kappa shape index (κ1) is 27.5. The highest BCUT2D eigenvalue weighted by Gasteiger charge is 2.51. The summed E-state index contributed by atoms with van der Waals surface area (Å²) in [5.41, 5.74) is 13.2. The van der Waals surface area contributed by atoms with Crippen LogP contribution in [0.4, 0.5) is 0 Å². The third-order valence-electron chi connectivity index (χ3n) is 11.0. The predicted octanol–water partition coefficient (Wildman–Crippen LogP) is 10.6. The van der Waals surface area contributed by atoms with E-state index in [2.05, 4.69) is 150 Å². The average Bonchev–Trinajstić information content (AvgIpc) is 3.79. The average molecular weight is 639 g/mol. The molecule has 0 aliphatic heterocycles. The number of aromatic nitrogens is 4. The van der Waals surface area contributed by atoms with Crippen LogP contribution in [0.2, 0.25) is 0 Å². The number of fused-ring (bicyclic) bond motifs is 13. The Balaban J connectivity index is 1.26. The third-order valence-corrected chi connectivity index (χ3v) is 11.0. The molecule has 0 radical (unpaired) electrons. The molecule has 2 heterocycles. The maximum Gasteiger partial charge on any atom is 0.238 e. The highest BCUT2D eigenvalue weighted by Crippen LogP contribution is 2.63. The fourth-order valence-electron chi connectivity index (χ4n) is 8.90. The Kier molecular flexibility index (Phi) is 5.68. The molecular weight excluding hydrogens is 609 g/mol. The van der Waals surface area contributed by atoms with Crippen molar-refractivity contribution in [1.82, 2.24) is 19.5 Å². The standard InChI is InChI=1S/C46H30N4/c1-3-15-29(16-4-1)43-47-44(30-17-5-2-6-18-30)49-45(48-43)50-41-26-14-10-22-34(41)36-27-35-33-21-9-13-25-39(33)46(40(35)28-42(36)50)37-23-11-7-19-31(37)32-20-8-12-24-38(32)46/h1-17,19-28,30H,18H2.